The van der Waals surface area contributed by atoms with Crippen LogP contribution in [0.4, 0.5) is 6.01 Å². The van der Waals surface area contributed by atoms with Gasteiger partial charge in [0.25, 0.3) is 0 Å². The molecule has 0 amide bonds. The Morgan fingerprint density at radius 2 is 1.95 bits per heavy atom. The standard InChI is InChI=1S/C15H11N5O/c16-15-20-19-14(21-15)10-3-2-9-4-5-11(12(9)8-10)13-17-6-1-7-18-13/h1-3,5-8H,4H2,(H2,16,20). The van der Waals surface area contributed by atoms with Crippen LogP contribution in [-0.4, -0.2) is 20.2 Å². The fraction of sp³-hybridized carbons (Fsp3) is 0.0667. The third-order valence-corrected chi connectivity index (χ3v) is 3.42. The van der Waals surface area contributed by atoms with Crippen LogP contribution in [0, 0.1) is 0 Å². The van der Waals surface area contributed by atoms with Gasteiger partial charge < -0.3 is 10.2 Å². The lowest BCUT2D eigenvalue weighted by atomic mass is 10.0. The maximum absolute atomic E-state index is 5.48. The second-order valence-electron chi connectivity index (χ2n) is 4.71. The van der Waals surface area contributed by atoms with E-state index in [1.54, 1.807) is 18.5 Å². The number of hydrogen-bond acceptors (Lipinski definition) is 6. The molecule has 2 N–H and O–H groups in total. The molecule has 0 spiro atoms. The van der Waals surface area contributed by atoms with Crippen LogP contribution in [-0.2, 0) is 6.42 Å². The number of benzene rings is 1. The first-order chi connectivity index (χ1) is 10.3. The SMILES string of the molecule is Nc1nnc(-c2ccc3c(c2)C(c2ncccn2)=CC3)o1. The molecule has 6 nitrogen and oxygen atoms in total. The highest BCUT2D eigenvalue weighted by molar-refractivity contribution is 5.83. The molecule has 0 radical (unpaired) electrons. The number of nitrogen functional groups attached to an aromatic ring is 1. The fourth-order valence-corrected chi connectivity index (χ4v) is 2.46. The first kappa shape index (κ1) is 11.8. The number of fused-ring (bicyclic) bond motifs is 1. The molecular formula is C15H11N5O. The molecule has 1 aliphatic carbocycles. The van der Waals surface area contributed by atoms with Gasteiger partial charge in [0.05, 0.1) is 0 Å². The smallest absolute Gasteiger partial charge is 0.313 e. The summed E-state index contributed by atoms with van der Waals surface area (Å²) in [6.07, 6.45) is 6.48. The minimum atomic E-state index is 0.0626. The topological polar surface area (TPSA) is 90.7 Å². The second-order valence-corrected chi connectivity index (χ2v) is 4.71. The molecule has 0 saturated heterocycles. The van der Waals surface area contributed by atoms with Gasteiger partial charge in [-0.25, -0.2) is 9.97 Å². The van der Waals surface area contributed by atoms with Crippen molar-refractivity contribution in [3.05, 3.63) is 59.7 Å². The highest BCUT2D eigenvalue weighted by atomic mass is 16.4. The molecule has 2 aromatic heterocycles. The van der Waals surface area contributed by atoms with E-state index in [9.17, 15) is 0 Å². The van der Waals surface area contributed by atoms with Crippen molar-refractivity contribution in [1.29, 1.82) is 0 Å². The van der Waals surface area contributed by atoms with Crippen LogP contribution in [0.2, 0.25) is 0 Å². The van der Waals surface area contributed by atoms with Crippen molar-refractivity contribution in [1.82, 2.24) is 20.2 Å². The lowest BCUT2D eigenvalue weighted by Gasteiger charge is -2.06. The maximum atomic E-state index is 5.48. The summed E-state index contributed by atoms with van der Waals surface area (Å²) in [6.45, 7) is 0. The van der Waals surface area contributed by atoms with E-state index in [4.69, 9.17) is 10.2 Å². The van der Waals surface area contributed by atoms with Gasteiger partial charge in [0.1, 0.15) is 0 Å². The monoisotopic (exact) mass is 277 g/mol. The van der Waals surface area contributed by atoms with Crippen molar-refractivity contribution in [2.75, 3.05) is 5.73 Å². The Bertz CT molecular complexity index is 838. The van der Waals surface area contributed by atoms with Gasteiger partial charge in [0, 0.05) is 23.5 Å². The van der Waals surface area contributed by atoms with Crippen LogP contribution >= 0.6 is 0 Å². The zero-order valence-corrected chi connectivity index (χ0v) is 11.0. The summed E-state index contributed by atoms with van der Waals surface area (Å²) in [5, 5.41) is 7.60. The van der Waals surface area contributed by atoms with Gasteiger partial charge in [-0.05, 0) is 35.7 Å². The third kappa shape index (κ3) is 1.97. The van der Waals surface area contributed by atoms with Crippen molar-refractivity contribution in [2.45, 2.75) is 6.42 Å². The third-order valence-electron chi connectivity index (χ3n) is 3.42. The average molecular weight is 277 g/mol. The molecule has 6 heteroatoms. The van der Waals surface area contributed by atoms with E-state index in [1.807, 2.05) is 12.1 Å². The normalized spacial score (nSPS) is 13.0. The van der Waals surface area contributed by atoms with Gasteiger partial charge >= 0.3 is 6.01 Å². The molecule has 3 aromatic rings. The van der Waals surface area contributed by atoms with Crippen LogP contribution in [0.3, 0.4) is 0 Å². The average Bonchev–Trinajstić information content (AvgIpc) is 3.13. The number of anilines is 1. The Balaban J connectivity index is 1.80. The van der Waals surface area contributed by atoms with Crippen molar-refractivity contribution >= 4 is 11.6 Å². The minimum Gasteiger partial charge on any atom is -0.404 e. The Morgan fingerprint density at radius 1 is 1.10 bits per heavy atom. The lowest BCUT2D eigenvalue weighted by molar-refractivity contribution is 0.590. The van der Waals surface area contributed by atoms with Crippen LogP contribution in [0.25, 0.3) is 17.0 Å². The van der Waals surface area contributed by atoms with Crippen molar-refractivity contribution in [3.63, 3.8) is 0 Å². The van der Waals surface area contributed by atoms with Gasteiger partial charge in [-0.15, -0.1) is 5.10 Å². The number of nitrogens with two attached hydrogens (primary N) is 1. The van der Waals surface area contributed by atoms with Gasteiger partial charge in [0.2, 0.25) is 5.89 Å². The molecule has 0 atom stereocenters. The van der Waals surface area contributed by atoms with E-state index in [0.717, 1.165) is 28.9 Å². The van der Waals surface area contributed by atoms with Crippen molar-refractivity contribution in [2.24, 2.45) is 0 Å². The summed E-state index contributed by atoms with van der Waals surface area (Å²) in [4.78, 5) is 8.63. The maximum Gasteiger partial charge on any atom is 0.313 e. The fourth-order valence-electron chi connectivity index (χ4n) is 2.46. The molecule has 1 aromatic carbocycles. The predicted octanol–water partition coefficient (Wildman–Crippen LogP) is 2.10. The van der Waals surface area contributed by atoms with E-state index in [1.165, 1.54) is 5.56 Å². The Morgan fingerprint density at radius 3 is 2.71 bits per heavy atom. The summed E-state index contributed by atoms with van der Waals surface area (Å²) < 4.78 is 5.28. The number of allylic oxidation sites excluding steroid dienone is 1. The largest absolute Gasteiger partial charge is 0.404 e. The Kier molecular flexibility index (Phi) is 2.53. The second kappa shape index (κ2) is 4.52. The predicted molar refractivity (Wildman–Crippen MR) is 77.0 cm³/mol. The lowest BCUT2D eigenvalue weighted by Crippen LogP contribution is -1.94. The zero-order valence-electron chi connectivity index (χ0n) is 11.0. The van der Waals surface area contributed by atoms with E-state index in [0.29, 0.717) is 5.89 Å². The molecule has 0 aliphatic heterocycles. The summed E-state index contributed by atoms with van der Waals surface area (Å²) in [5.74, 6) is 1.13. The molecule has 0 fully saturated rings. The quantitative estimate of drug-likeness (QED) is 0.771. The minimum absolute atomic E-state index is 0.0626. The number of hydrogen-bond donors (Lipinski definition) is 1. The Hall–Kier alpha value is -3.02. The van der Waals surface area contributed by atoms with E-state index >= 15 is 0 Å². The molecular weight excluding hydrogens is 266 g/mol. The molecule has 0 saturated carbocycles. The molecule has 2 heterocycles. The van der Waals surface area contributed by atoms with E-state index < -0.39 is 0 Å². The van der Waals surface area contributed by atoms with Crippen molar-refractivity contribution in [3.8, 4) is 11.5 Å². The first-order valence-corrected chi connectivity index (χ1v) is 6.51. The first-order valence-electron chi connectivity index (χ1n) is 6.51. The molecule has 102 valence electrons. The van der Waals surface area contributed by atoms with Crippen LogP contribution in [0.15, 0.2) is 47.2 Å². The van der Waals surface area contributed by atoms with Gasteiger partial charge in [-0.2, -0.15) is 0 Å². The number of nitrogens with zero attached hydrogens (tertiary/aromatic N) is 4. The van der Waals surface area contributed by atoms with Crippen molar-refractivity contribution < 1.29 is 4.42 Å². The highest BCUT2D eigenvalue weighted by Crippen LogP contribution is 2.33. The number of rotatable bonds is 2. The number of aromatic nitrogens is 4. The van der Waals surface area contributed by atoms with E-state index in [-0.39, 0.29) is 6.01 Å². The summed E-state index contributed by atoms with van der Waals surface area (Å²) >= 11 is 0. The van der Waals surface area contributed by atoms with Gasteiger partial charge in [0.15, 0.2) is 5.82 Å². The molecule has 21 heavy (non-hydrogen) atoms. The summed E-state index contributed by atoms with van der Waals surface area (Å²) in [7, 11) is 0. The van der Waals surface area contributed by atoms with Crippen LogP contribution < -0.4 is 5.73 Å². The molecule has 1 aliphatic rings. The van der Waals surface area contributed by atoms with Crippen LogP contribution in [0.5, 0.6) is 0 Å². The summed E-state index contributed by atoms with van der Waals surface area (Å²) in [6, 6.07) is 7.88. The van der Waals surface area contributed by atoms with Crippen LogP contribution in [0.1, 0.15) is 17.0 Å². The van der Waals surface area contributed by atoms with Gasteiger partial charge in [-0.3, -0.25) is 0 Å². The van der Waals surface area contributed by atoms with Gasteiger partial charge in [-0.1, -0.05) is 17.2 Å². The molecule has 4 rings (SSSR count). The summed E-state index contributed by atoms with van der Waals surface area (Å²) in [5.41, 5.74) is 9.66. The molecule has 0 unspecified atom stereocenters. The highest BCUT2D eigenvalue weighted by Gasteiger charge is 2.19. The molecule has 0 bridgehead atoms. The zero-order chi connectivity index (χ0) is 14.2. The Labute approximate surface area is 120 Å². The van der Waals surface area contributed by atoms with E-state index in [2.05, 4.69) is 32.3 Å².